The predicted molar refractivity (Wildman–Crippen MR) is 81.6 cm³/mol. The van der Waals surface area contributed by atoms with Gasteiger partial charge in [-0.1, -0.05) is 11.8 Å². The lowest BCUT2D eigenvalue weighted by Gasteiger charge is -2.09. The van der Waals surface area contributed by atoms with E-state index in [1.807, 2.05) is 30.0 Å². The van der Waals surface area contributed by atoms with Gasteiger partial charge in [-0.3, -0.25) is 4.57 Å². The Morgan fingerprint density at radius 1 is 1.50 bits per heavy atom. The van der Waals surface area contributed by atoms with Gasteiger partial charge in [-0.05, 0) is 19.2 Å². The summed E-state index contributed by atoms with van der Waals surface area (Å²) in [6.07, 6.45) is 7.22. The molecule has 0 radical (unpaired) electrons. The zero-order valence-electron chi connectivity index (χ0n) is 11.7. The molecule has 0 aliphatic carbocycles. The highest BCUT2D eigenvalue weighted by molar-refractivity contribution is 8.13. The van der Waals surface area contributed by atoms with Gasteiger partial charge in [0.15, 0.2) is 5.17 Å². The summed E-state index contributed by atoms with van der Waals surface area (Å²) in [4.78, 5) is 12.9. The summed E-state index contributed by atoms with van der Waals surface area (Å²) in [5.74, 6) is 0.786. The standard InChI is InChI=1S/C13H17N5OS/c1-9-6-18(8-16-9)12-10(7-19-2)4-11(5-15-12)17-13(14)20-3/h4-6,8H,7H2,1-3H3,(H2,14,17). The number of methoxy groups -OCH3 is 1. The molecule has 0 unspecified atom stereocenters. The fourth-order valence-electron chi connectivity index (χ4n) is 1.76. The number of aliphatic imine (C=N–C) groups is 1. The highest BCUT2D eigenvalue weighted by Crippen LogP contribution is 2.20. The van der Waals surface area contributed by atoms with E-state index in [0.29, 0.717) is 17.5 Å². The summed E-state index contributed by atoms with van der Waals surface area (Å²) >= 11 is 1.40. The minimum Gasteiger partial charge on any atom is -0.380 e. The third kappa shape index (κ3) is 3.37. The van der Waals surface area contributed by atoms with Crippen molar-refractivity contribution in [2.45, 2.75) is 13.5 Å². The molecule has 0 atom stereocenters. The number of ether oxygens (including phenoxy) is 1. The molecule has 2 N–H and O–H groups in total. The molecule has 20 heavy (non-hydrogen) atoms. The molecule has 6 nitrogen and oxygen atoms in total. The van der Waals surface area contributed by atoms with Gasteiger partial charge in [0.25, 0.3) is 0 Å². The highest BCUT2D eigenvalue weighted by Gasteiger charge is 2.08. The van der Waals surface area contributed by atoms with E-state index < -0.39 is 0 Å². The number of rotatable bonds is 4. The molecule has 0 spiro atoms. The van der Waals surface area contributed by atoms with Crippen LogP contribution in [0.2, 0.25) is 0 Å². The van der Waals surface area contributed by atoms with Crippen molar-refractivity contribution >= 4 is 22.6 Å². The summed E-state index contributed by atoms with van der Waals surface area (Å²) in [5, 5.41) is 0.501. The van der Waals surface area contributed by atoms with Gasteiger partial charge < -0.3 is 10.5 Å². The third-order valence-electron chi connectivity index (χ3n) is 2.63. The van der Waals surface area contributed by atoms with E-state index in [-0.39, 0.29) is 0 Å². The number of aryl methyl sites for hydroxylation is 1. The Hall–Kier alpha value is -1.86. The van der Waals surface area contributed by atoms with E-state index in [1.165, 1.54) is 11.8 Å². The topological polar surface area (TPSA) is 78.3 Å². The van der Waals surface area contributed by atoms with Crippen LogP contribution in [0, 0.1) is 6.92 Å². The molecule has 0 saturated heterocycles. The van der Waals surface area contributed by atoms with E-state index in [4.69, 9.17) is 10.5 Å². The molecule has 0 amide bonds. The van der Waals surface area contributed by atoms with Crippen LogP contribution in [0.5, 0.6) is 0 Å². The molecule has 2 heterocycles. The van der Waals surface area contributed by atoms with Crippen molar-refractivity contribution in [3.05, 3.63) is 36.0 Å². The predicted octanol–water partition coefficient (Wildman–Crippen LogP) is 2.03. The SMILES string of the molecule is COCc1cc(N=C(N)SC)cnc1-n1cnc(C)c1. The highest BCUT2D eigenvalue weighted by atomic mass is 32.2. The minimum atomic E-state index is 0.447. The Kier molecular flexibility index (Phi) is 4.75. The van der Waals surface area contributed by atoms with E-state index in [0.717, 1.165) is 17.1 Å². The van der Waals surface area contributed by atoms with Gasteiger partial charge in [-0.25, -0.2) is 15.0 Å². The van der Waals surface area contributed by atoms with Crippen LogP contribution < -0.4 is 5.73 Å². The monoisotopic (exact) mass is 291 g/mol. The lowest BCUT2D eigenvalue weighted by molar-refractivity contribution is 0.184. The van der Waals surface area contributed by atoms with Gasteiger partial charge in [0.2, 0.25) is 0 Å². The molecule has 0 bridgehead atoms. The van der Waals surface area contributed by atoms with Crippen LogP contribution >= 0.6 is 11.8 Å². The maximum Gasteiger partial charge on any atom is 0.158 e. The van der Waals surface area contributed by atoms with Crippen molar-refractivity contribution in [1.29, 1.82) is 0 Å². The number of amidine groups is 1. The van der Waals surface area contributed by atoms with Crippen molar-refractivity contribution in [2.24, 2.45) is 10.7 Å². The average Bonchev–Trinajstić information content (AvgIpc) is 2.86. The van der Waals surface area contributed by atoms with Gasteiger partial charge in [0.05, 0.1) is 24.2 Å². The second kappa shape index (κ2) is 6.53. The molecule has 2 rings (SSSR count). The average molecular weight is 291 g/mol. The molecule has 7 heteroatoms. The summed E-state index contributed by atoms with van der Waals surface area (Å²) in [6.45, 7) is 2.38. The number of nitrogens with two attached hydrogens (primary N) is 1. The maximum atomic E-state index is 5.72. The number of aromatic nitrogens is 3. The minimum absolute atomic E-state index is 0.447. The summed E-state index contributed by atoms with van der Waals surface area (Å²) < 4.78 is 7.09. The first kappa shape index (κ1) is 14.5. The Morgan fingerprint density at radius 3 is 2.90 bits per heavy atom. The summed E-state index contributed by atoms with van der Waals surface area (Å²) in [7, 11) is 1.65. The Balaban J connectivity index is 2.43. The third-order valence-corrected chi connectivity index (χ3v) is 3.14. The van der Waals surface area contributed by atoms with Crippen molar-refractivity contribution in [2.75, 3.05) is 13.4 Å². The molecule has 2 aromatic heterocycles. The van der Waals surface area contributed by atoms with Gasteiger partial charge in [-0.15, -0.1) is 0 Å². The van der Waals surface area contributed by atoms with Gasteiger partial charge in [-0.2, -0.15) is 0 Å². The lowest BCUT2D eigenvalue weighted by atomic mass is 10.2. The van der Waals surface area contributed by atoms with E-state index in [1.54, 1.807) is 19.6 Å². The number of hydrogen-bond donors (Lipinski definition) is 1. The summed E-state index contributed by atoms with van der Waals surface area (Å²) in [5.41, 5.74) is 8.30. The summed E-state index contributed by atoms with van der Waals surface area (Å²) in [6, 6.07) is 1.92. The largest absolute Gasteiger partial charge is 0.380 e. The van der Waals surface area contributed by atoms with Crippen LogP contribution in [0.25, 0.3) is 5.82 Å². The molecular formula is C13H17N5OS. The smallest absolute Gasteiger partial charge is 0.158 e. The number of thioether (sulfide) groups is 1. The second-order valence-corrected chi connectivity index (χ2v) is 5.01. The van der Waals surface area contributed by atoms with E-state index in [2.05, 4.69) is 15.0 Å². The van der Waals surface area contributed by atoms with Crippen molar-refractivity contribution in [3.8, 4) is 5.82 Å². The first-order valence-electron chi connectivity index (χ1n) is 6.01. The van der Waals surface area contributed by atoms with Crippen LogP contribution in [0.4, 0.5) is 5.69 Å². The molecule has 0 aliphatic rings. The van der Waals surface area contributed by atoms with Gasteiger partial charge in [0.1, 0.15) is 12.1 Å². The van der Waals surface area contributed by atoms with Crippen LogP contribution in [-0.2, 0) is 11.3 Å². The molecule has 0 saturated carbocycles. The van der Waals surface area contributed by atoms with Crippen LogP contribution in [0.15, 0.2) is 29.8 Å². The first-order valence-corrected chi connectivity index (χ1v) is 7.23. The van der Waals surface area contributed by atoms with E-state index in [9.17, 15) is 0 Å². The molecule has 106 valence electrons. The van der Waals surface area contributed by atoms with Gasteiger partial charge in [0, 0.05) is 18.9 Å². The van der Waals surface area contributed by atoms with Crippen LogP contribution in [0.1, 0.15) is 11.3 Å². The van der Waals surface area contributed by atoms with Crippen LogP contribution in [-0.4, -0.2) is 33.1 Å². The van der Waals surface area contributed by atoms with Crippen molar-refractivity contribution < 1.29 is 4.74 Å². The Bertz CT molecular complexity index is 623. The number of nitrogens with zero attached hydrogens (tertiary/aromatic N) is 4. The van der Waals surface area contributed by atoms with Gasteiger partial charge >= 0.3 is 0 Å². The first-order chi connectivity index (χ1) is 9.63. The number of imidazole rings is 1. The fraction of sp³-hybridized carbons (Fsp3) is 0.308. The zero-order valence-corrected chi connectivity index (χ0v) is 12.5. The molecule has 2 aromatic rings. The van der Waals surface area contributed by atoms with E-state index >= 15 is 0 Å². The number of hydrogen-bond acceptors (Lipinski definition) is 5. The second-order valence-electron chi connectivity index (χ2n) is 4.19. The Morgan fingerprint density at radius 2 is 2.30 bits per heavy atom. The Labute approximate surface area is 122 Å². The lowest BCUT2D eigenvalue weighted by Crippen LogP contribution is -2.05. The fourth-order valence-corrected chi connectivity index (χ4v) is 1.95. The van der Waals surface area contributed by atoms with Crippen molar-refractivity contribution in [3.63, 3.8) is 0 Å². The molecule has 0 aliphatic heterocycles. The van der Waals surface area contributed by atoms with Crippen molar-refractivity contribution in [1.82, 2.24) is 14.5 Å². The molecule has 0 fully saturated rings. The number of pyridine rings is 1. The normalized spacial score (nSPS) is 11.8. The quantitative estimate of drug-likeness (QED) is 0.689. The maximum absolute atomic E-state index is 5.72. The zero-order chi connectivity index (χ0) is 14.5. The molecule has 0 aromatic carbocycles. The van der Waals surface area contributed by atoms with Crippen LogP contribution in [0.3, 0.4) is 0 Å². The molecular weight excluding hydrogens is 274 g/mol.